The van der Waals surface area contributed by atoms with Gasteiger partial charge >= 0.3 is 6.03 Å². The quantitative estimate of drug-likeness (QED) is 0.701. The van der Waals surface area contributed by atoms with Gasteiger partial charge in [-0.1, -0.05) is 19.8 Å². The van der Waals surface area contributed by atoms with Gasteiger partial charge in [0.05, 0.1) is 0 Å². The summed E-state index contributed by atoms with van der Waals surface area (Å²) in [7, 11) is 0. The molecule has 1 heterocycles. The van der Waals surface area contributed by atoms with Crippen LogP contribution in [-0.4, -0.2) is 53.4 Å². The van der Waals surface area contributed by atoms with Crippen LogP contribution in [0.25, 0.3) is 0 Å². The maximum Gasteiger partial charge on any atom is 0.315 e. The Labute approximate surface area is 128 Å². The summed E-state index contributed by atoms with van der Waals surface area (Å²) in [5, 5.41) is 15.2. The van der Waals surface area contributed by atoms with Crippen molar-refractivity contribution in [2.45, 2.75) is 76.4 Å². The molecule has 1 saturated carbocycles. The Morgan fingerprint density at radius 1 is 1.33 bits per heavy atom. The minimum atomic E-state index is -0.317. The van der Waals surface area contributed by atoms with Gasteiger partial charge < -0.3 is 15.7 Å². The number of nitrogens with zero attached hydrogens (tertiary/aromatic N) is 1. The normalized spacial score (nSPS) is 26.7. The maximum atomic E-state index is 12.2. The van der Waals surface area contributed by atoms with Crippen LogP contribution in [0.4, 0.5) is 4.79 Å². The van der Waals surface area contributed by atoms with Crippen LogP contribution in [0.2, 0.25) is 0 Å². The monoisotopic (exact) mass is 297 g/mol. The predicted octanol–water partition coefficient (Wildman–Crippen LogP) is 1.85. The van der Waals surface area contributed by atoms with Gasteiger partial charge in [-0.15, -0.1) is 0 Å². The van der Waals surface area contributed by atoms with E-state index < -0.39 is 0 Å². The Bertz CT molecular complexity index is 344. The van der Waals surface area contributed by atoms with Gasteiger partial charge in [0, 0.05) is 37.3 Å². The number of urea groups is 1. The molecular weight excluding hydrogens is 266 g/mol. The Hall–Kier alpha value is -0.810. The zero-order valence-electron chi connectivity index (χ0n) is 13.5. The fourth-order valence-corrected chi connectivity index (χ4v) is 3.58. The third-order valence-corrected chi connectivity index (χ3v) is 5.26. The first-order valence-corrected chi connectivity index (χ1v) is 8.50. The Kier molecular flexibility index (Phi) is 5.88. The molecule has 5 heteroatoms. The lowest BCUT2D eigenvalue weighted by Gasteiger charge is -2.30. The summed E-state index contributed by atoms with van der Waals surface area (Å²) < 4.78 is 0. The second kappa shape index (κ2) is 7.45. The van der Waals surface area contributed by atoms with Crippen LogP contribution in [0.5, 0.6) is 0 Å². The minimum absolute atomic E-state index is 0.0916. The number of likely N-dealkylation sites (tertiary alicyclic amines) is 1. The number of carbonyl (C=O) groups is 1. The van der Waals surface area contributed by atoms with E-state index in [2.05, 4.69) is 15.5 Å². The maximum absolute atomic E-state index is 12.2. The molecule has 3 N–H and O–H groups in total. The Morgan fingerprint density at radius 2 is 2.05 bits per heavy atom. The number of carbonyl (C=O) groups excluding carboxylic acids is 1. The highest BCUT2D eigenvalue weighted by molar-refractivity contribution is 5.75. The van der Waals surface area contributed by atoms with Gasteiger partial charge in [-0.2, -0.15) is 0 Å². The van der Waals surface area contributed by atoms with Gasteiger partial charge in [0.2, 0.25) is 0 Å². The lowest BCUT2D eigenvalue weighted by atomic mass is 9.95. The van der Waals surface area contributed by atoms with Crippen molar-refractivity contribution < 1.29 is 9.90 Å². The van der Waals surface area contributed by atoms with Crippen molar-refractivity contribution in [3.8, 4) is 0 Å². The van der Waals surface area contributed by atoms with Crippen LogP contribution in [0.3, 0.4) is 0 Å². The van der Waals surface area contributed by atoms with E-state index in [9.17, 15) is 4.79 Å². The number of aliphatic hydroxyl groups is 1. The van der Waals surface area contributed by atoms with Crippen molar-refractivity contribution in [2.24, 2.45) is 0 Å². The van der Waals surface area contributed by atoms with E-state index >= 15 is 0 Å². The van der Waals surface area contributed by atoms with Crippen LogP contribution in [0, 0.1) is 0 Å². The largest absolute Gasteiger partial charge is 0.396 e. The van der Waals surface area contributed by atoms with Crippen molar-refractivity contribution in [1.29, 1.82) is 0 Å². The van der Waals surface area contributed by atoms with Gasteiger partial charge in [-0.25, -0.2) is 4.79 Å². The highest BCUT2D eigenvalue weighted by Crippen LogP contribution is 2.26. The molecule has 1 aliphatic heterocycles. The summed E-state index contributed by atoms with van der Waals surface area (Å²) in [5.74, 6) is 0. The molecular formula is C16H31N3O2. The molecule has 5 nitrogen and oxygen atoms in total. The third-order valence-electron chi connectivity index (χ3n) is 5.26. The third kappa shape index (κ3) is 4.58. The molecule has 122 valence electrons. The summed E-state index contributed by atoms with van der Waals surface area (Å²) in [5.41, 5.74) is -0.317. The van der Waals surface area contributed by atoms with Crippen LogP contribution < -0.4 is 10.6 Å². The lowest BCUT2D eigenvalue weighted by molar-refractivity contribution is 0.197. The van der Waals surface area contributed by atoms with Crippen molar-refractivity contribution in [1.82, 2.24) is 15.5 Å². The van der Waals surface area contributed by atoms with E-state index in [4.69, 9.17) is 5.11 Å². The summed E-state index contributed by atoms with van der Waals surface area (Å²) in [4.78, 5) is 14.7. The molecule has 0 radical (unpaired) electrons. The van der Waals surface area contributed by atoms with Crippen molar-refractivity contribution >= 4 is 6.03 Å². The van der Waals surface area contributed by atoms with Crippen molar-refractivity contribution in [3.05, 3.63) is 0 Å². The van der Waals surface area contributed by atoms with E-state index in [1.807, 2.05) is 13.8 Å². The summed E-state index contributed by atoms with van der Waals surface area (Å²) in [6.45, 7) is 6.22. The van der Waals surface area contributed by atoms with E-state index in [1.54, 1.807) is 0 Å². The van der Waals surface area contributed by atoms with Crippen molar-refractivity contribution in [2.75, 3.05) is 19.7 Å². The zero-order chi connectivity index (χ0) is 15.3. The standard InChI is InChI=1S/C16H31N3O2/c1-3-16(2,9-11-20)18-15(21)17-13-8-10-19(12-13)14-6-4-5-7-14/h13-14,20H,3-12H2,1-2H3,(H2,17,18,21). The molecule has 2 fully saturated rings. The number of hydrogen-bond acceptors (Lipinski definition) is 3. The Morgan fingerprint density at radius 3 is 2.67 bits per heavy atom. The van der Waals surface area contributed by atoms with Crippen LogP contribution in [-0.2, 0) is 0 Å². The van der Waals surface area contributed by atoms with E-state index in [1.165, 1.54) is 25.7 Å². The zero-order valence-corrected chi connectivity index (χ0v) is 13.5. The number of aliphatic hydroxyl groups excluding tert-OH is 1. The number of rotatable bonds is 6. The van der Waals surface area contributed by atoms with E-state index in [-0.39, 0.29) is 24.2 Å². The average Bonchev–Trinajstić information content (AvgIpc) is 3.09. The number of nitrogens with one attached hydrogen (secondary N) is 2. The molecule has 2 rings (SSSR count). The molecule has 1 aliphatic carbocycles. The second-order valence-corrected chi connectivity index (χ2v) is 6.91. The smallest absolute Gasteiger partial charge is 0.315 e. The second-order valence-electron chi connectivity index (χ2n) is 6.91. The fourth-order valence-electron chi connectivity index (χ4n) is 3.58. The van der Waals surface area contributed by atoms with Crippen LogP contribution in [0.15, 0.2) is 0 Å². The molecule has 2 aliphatic rings. The van der Waals surface area contributed by atoms with Crippen molar-refractivity contribution in [3.63, 3.8) is 0 Å². The molecule has 0 aromatic heterocycles. The van der Waals surface area contributed by atoms with Gasteiger partial charge in [0.15, 0.2) is 0 Å². The topological polar surface area (TPSA) is 64.6 Å². The summed E-state index contributed by atoms with van der Waals surface area (Å²) in [6.07, 6.45) is 7.82. The number of amides is 2. The van der Waals surface area contributed by atoms with E-state index in [0.29, 0.717) is 6.42 Å². The van der Waals surface area contributed by atoms with E-state index in [0.717, 1.165) is 32.0 Å². The molecule has 2 amide bonds. The molecule has 21 heavy (non-hydrogen) atoms. The molecule has 1 saturated heterocycles. The Balaban J connectivity index is 1.75. The highest BCUT2D eigenvalue weighted by Gasteiger charge is 2.31. The molecule has 0 bridgehead atoms. The van der Waals surface area contributed by atoms with Crippen LogP contribution >= 0.6 is 0 Å². The molecule has 2 unspecified atom stereocenters. The molecule has 0 spiro atoms. The first-order valence-electron chi connectivity index (χ1n) is 8.50. The summed E-state index contributed by atoms with van der Waals surface area (Å²) in [6, 6.07) is 0.919. The van der Waals surface area contributed by atoms with Gasteiger partial charge in [0.1, 0.15) is 0 Å². The average molecular weight is 297 g/mol. The first kappa shape index (κ1) is 16.6. The summed E-state index contributed by atoms with van der Waals surface area (Å²) >= 11 is 0. The highest BCUT2D eigenvalue weighted by atomic mass is 16.3. The molecule has 2 atom stereocenters. The SMILES string of the molecule is CCC(C)(CCO)NC(=O)NC1CCN(C2CCCC2)C1. The predicted molar refractivity (Wildman–Crippen MR) is 84.3 cm³/mol. The lowest BCUT2D eigenvalue weighted by Crippen LogP contribution is -2.53. The van der Waals surface area contributed by atoms with Gasteiger partial charge in [-0.05, 0) is 39.0 Å². The first-order chi connectivity index (χ1) is 10.1. The number of hydrogen-bond donors (Lipinski definition) is 3. The van der Waals surface area contributed by atoms with Gasteiger partial charge in [-0.3, -0.25) is 4.90 Å². The fraction of sp³-hybridized carbons (Fsp3) is 0.938. The minimum Gasteiger partial charge on any atom is -0.396 e. The van der Waals surface area contributed by atoms with Gasteiger partial charge in [0.25, 0.3) is 0 Å². The molecule has 0 aromatic carbocycles. The molecule has 0 aromatic rings. The van der Waals surface area contributed by atoms with Crippen LogP contribution in [0.1, 0.15) is 58.8 Å².